The Morgan fingerprint density at radius 2 is 1.92 bits per heavy atom. The number of nitrogens with zero attached hydrogens (tertiary/aromatic N) is 2. The molecule has 1 amide bonds. The van der Waals surface area contributed by atoms with Crippen LogP contribution in [0.4, 0.5) is 0 Å². The molecule has 1 aromatic heterocycles. The van der Waals surface area contributed by atoms with Gasteiger partial charge in [-0.1, -0.05) is 0 Å². The molecule has 0 aromatic carbocycles. The number of hydrogen-bond donors (Lipinski definition) is 2. The fourth-order valence-corrected chi connectivity index (χ4v) is 1.95. The van der Waals surface area contributed by atoms with E-state index in [0.29, 0.717) is 6.21 Å². The largest absolute Gasteiger partial charge is 0.461 e. The van der Waals surface area contributed by atoms with Crippen LogP contribution in [0.5, 0.6) is 0 Å². The van der Waals surface area contributed by atoms with Gasteiger partial charge in [0.25, 0.3) is 5.91 Å². The molecule has 0 bridgehead atoms. The number of esters is 1. The molecule has 9 heteroatoms. The van der Waals surface area contributed by atoms with Gasteiger partial charge in [-0.15, -0.1) is 0 Å². The topological polar surface area (TPSA) is 131 Å². The van der Waals surface area contributed by atoms with E-state index in [9.17, 15) is 14.4 Å². The van der Waals surface area contributed by atoms with Crippen molar-refractivity contribution >= 4 is 23.9 Å². The van der Waals surface area contributed by atoms with Crippen LogP contribution in [-0.4, -0.2) is 53.1 Å². The van der Waals surface area contributed by atoms with E-state index in [-0.39, 0.29) is 24.8 Å². The molecule has 1 heterocycles. The van der Waals surface area contributed by atoms with Crippen molar-refractivity contribution in [3.8, 4) is 0 Å². The zero-order valence-corrected chi connectivity index (χ0v) is 14.4. The maximum atomic E-state index is 12.4. The van der Waals surface area contributed by atoms with Crippen molar-refractivity contribution in [3.05, 3.63) is 24.3 Å². The SMILES string of the molecule is CO[C@@H](C(=O)N[C@@H](CCC(=O)C=N)C(=O)OC(C)C)c1ncccn1. The Labute approximate surface area is 145 Å². The van der Waals surface area contributed by atoms with Gasteiger partial charge >= 0.3 is 5.97 Å². The van der Waals surface area contributed by atoms with Gasteiger partial charge in [0, 0.05) is 25.9 Å². The molecular weight excluding hydrogens is 328 g/mol. The van der Waals surface area contributed by atoms with Crippen LogP contribution in [-0.2, 0) is 23.9 Å². The number of carbonyl (C=O) groups excluding carboxylic acids is 3. The fourth-order valence-electron chi connectivity index (χ4n) is 1.95. The second-order valence-electron chi connectivity index (χ2n) is 5.42. The van der Waals surface area contributed by atoms with Crippen LogP contribution in [0.3, 0.4) is 0 Å². The van der Waals surface area contributed by atoms with E-state index in [0.717, 1.165) is 0 Å². The third-order valence-electron chi connectivity index (χ3n) is 3.09. The Bertz CT molecular complexity index is 606. The van der Waals surface area contributed by atoms with E-state index >= 15 is 0 Å². The maximum Gasteiger partial charge on any atom is 0.328 e. The summed E-state index contributed by atoms with van der Waals surface area (Å²) in [4.78, 5) is 43.8. The van der Waals surface area contributed by atoms with Crippen molar-refractivity contribution in [2.45, 2.75) is 44.9 Å². The number of nitrogens with one attached hydrogen (secondary N) is 2. The highest BCUT2D eigenvalue weighted by atomic mass is 16.5. The molecule has 136 valence electrons. The number of hydrogen-bond acceptors (Lipinski definition) is 8. The second kappa shape index (κ2) is 10.2. The number of rotatable bonds is 10. The summed E-state index contributed by atoms with van der Waals surface area (Å²) in [5.41, 5.74) is 0. The second-order valence-corrected chi connectivity index (χ2v) is 5.42. The van der Waals surface area contributed by atoms with Crippen LogP contribution in [0.2, 0.25) is 0 Å². The standard InChI is InChI=1S/C16H22N4O5/c1-10(2)25-16(23)12(6-5-11(21)9-17)20-15(22)13(24-3)14-18-7-4-8-19-14/h4,7-10,12-13,17H,5-6H2,1-3H3,(H,20,22)/t12-,13+/m0/s1. The normalized spacial score (nSPS) is 13.0. The van der Waals surface area contributed by atoms with Gasteiger partial charge in [-0.25, -0.2) is 14.8 Å². The monoisotopic (exact) mass is 350 g/mol. The van der Waals surface area contributed by atoms with Crippen LogP contribution in [0.25, 0.3) is 0 Å². The first-order valence-electron chi connectivity index (χ1n) is 7.72. The summed E-state index contributed by atoms with van der Waals surface area (Å²) in [7, 11) is 1.32. The number of ketones is 1. The van der Waals surface area contributed by atoms with Crippen LogP contribution >= 0.6 is 0 Å². The molecule has 9 nitrogen and oxygen atoms in total. The summed E-state index contributed by atoms with van der Waals surface area (Å²) in [5.74, 6) is -1.59. The van der Waals surface area contributed by atoms with Crippen molar-refractivity contribution in [1.82, 2.24) is 15.3 Å². The molecule has 25 heavy (non-hydrogen) atoms. The molecule has 0 aliphatic rings. The minimum absolute atomic E-state index is 0.0115. The van der Waals surface area contributed by atoms with Gasteiger partial charge in [-0.2, -0.15) is 0 Å². The Morgan fingerprint density at radius 1 is 1.28 bits per heavy atom. The molecule has 0 unspecified atom stereocenters. The van der Waals surface area contributed by atoms with Crippen LogP contribution in [0, 0.1) is 5.41 Å². The third kappa shape index (κ3) is 6.76. The predicted molar refractivity (Wildman–Crippen MR) is 88.0 cm³/mol. The number of amides is 1. The Kier molecular flexibility index (Phi) is 8.34. The summed E-state index contributed by atoms with van der Waals surface area (Å²) in [5, 5.41) is 9.42. The average Bonchev–Trinajstić information content (AvgIpc) is 2.59. The summed E-state index contributed by atoms with van der Waals surface area (Å²) in [6.07, 6.45) is 2.07. The van der Waals surface area contributed by atoms with Crippen molar-refractivity contribution in [2.24, 2.45) is 0 Å². The van der Waals surface area contributed by atoms with Gasteiger partial charge in [-0.05, 0) is 26.3 Å². The number of methoxy groups -OCH3 is 1. The maximum absolute atomic E-state index is 12.4. The molecule has 0 fully saturated rings. The van der Waals surface area contributed by atoms with E-state index in [1.54, 1.807) is 19.9 Å². The highest BCUT2D eigenvalue weighted by Crippen LogP contribution is 2.13. The van der Waals surface area contributed by atoms with Crippen LogP contribution in [0.15, 0.2) is 18.5 Å². The lowest BCUT2D eigenvalue weighted by Crippen LogP contribution is -2.45. The molecule has 1 rings (SSSR count). The lowest BCUT2D eigenvalue weighted by Gasteiger charge is -2.21. The van der Waals surface area contributed by atoms with E-state index in [1.807, 2.05) is 0 Å². The first kappa shape index (κ1) is 20.4. The lowest BCUT2D eigenvalue weighted by molar-refractivity contribution is -0.153. The van der Waals surface area contributed by atoms with Crippen molar-refractivity contribution in [3.63, 3.8) is 0 Å². The molecule has 2 atom stereocenters. The smallest absolute Gasteiger partial charge is 0.328 e. The quantitative estimate of drug-likeness (QED) is 0.466. The molecule has 0 spiro atoms. The summed E-state index contributed by atoms with van der Waals surface area (Å²) >= 11 is 0. The molecule has 1 aromatic rings. The fraction of sp³-hybridized carbons (Fsp3) is 0.500. The highest BCUT2D eigenvalue weighted by molar-refractivity contribution is 6.26. The zero-order chi connectivity index (χ0) is 18.8. The molecular formula is C16H22N4O5. The number of ether oxygens (including phenoxy) is 2. The molecule has 0 saturated carbocycles. The lowest BCUT2D eigenvalue weighted by atomic mass is 10.1. The van der Waals surface area contributed by atoms with Crippen LogP contribution in [0.1, 0.15) is 38.6 Å². The third-order valence-corrected chi connectivity index (χ3v) is 3.09. The van der Waals surface area contributed by atoms with Gasteiger partial charge < -0.3 is 20.2 Å². The summed E-state index contributed by atoms with van der Waals surface area (Å²) < 4.78 is 10.2. The number of Topliss-reactive ketones (excluding diaryl/α,β-unsaturated/α-hetero) is 1. The molecule has 0 aliphatic heterocycles. The first-order chi connectivity index (χ1) is 11.9. The molecule has 0 aliphatic carbocycles. The highest BCUT2D eigenvalue weighted by Gasteiger charge is 2.29. The summed E-state index contributed by atoms with van der Waals surface area (Å²) in [6, 6.07) is 0.556. The van der Waals surface area contributed by atoms with E-state index in [2.05, 4.69) is 15.3 Å². The number of aromatic nitrogens is 2. The minimum Gasteiger partial charge on any atom is -0.461 e. The minimum atomic E-state index is -1.10. The molecule has 0 saturated heterocycles. The van der Waals surface area contributed by atoms with Gasteiger partial charge in [0.2, 0.25) is 0 Å². The Balaban J connectivity index is 2.86. The van der Waals surface area contributed by atoms with Gasteiger partial charge in [0.15, 0.2) is 17.7 Å². The van der Waals surface area contributed by atoms with Crippen LogP contribution < -0.4 is 5.32 Å². The average molecular weight is 350 g/mol. The van der Waals surface area contributed by atoms with Crippen molar-refractivity contribution < 1.29 is 23.9 Å². The molecule has 0 radical (unpaired) electrons. The van der Waals surface area contributed by atoms with Gasteiger partial charge in [0.05, 0.1) is 12.3 Å². The zero-order valence-electron chi connectivity index (χ0n) is 14.4. The van der Waals surface area contributed by atoms with E-state index in [4.69, 9.17) is 14.9 Å². The van der Waals surface area contributed by atoms with Gasteiger partial charge in [0.1, 0.15) is 6.04 Å². The Hall–Kier alpha value is -2.68. The number of carbonyl (C=O) groups is 3. The molecule has 2 N–H and O–H groups in total. The van der Waals surface area contributed by atoms with Crippen molar-refractivity contribution in [1.29, 1.82) is 5.41 Å². The van der Waals surface area contributed by atoms with Crippen molar-refractivity contribution in [2.75, 3.05) is 7.11 Å². The first-order valence-corrected chi connectivity index (χ1v) is 7.72. The predicted octanol–water partition coefficient (Wildman–Crippen LogP) is 0.599. The Morgan fingerprint density at radius 3 is 2.44 bits per heavy atom. The summed E-state index contributed by atoms with van der Waals surface area (Å²) in [6.45, 7) is 3.35. The van der Waals surface area contributed by atoms with E-state index < -0.39 is 29.8 Å². The van der Waals surface area contributed by atoms with Gasteiger partial charge in [-0.3, -0.25) is 9.59 Å². The van der Waals surface area contributed by atoms with E-state index in [1.165, 1.54) is 19.5 Å².